The van der Waals surface area contributed by atoms with Crippen molar-refractivity contribution in [2.45, 2.75) is 64.7 Å². The van der Waals surface area contributed by atoms with Crippen LogP contribution in [0.15, 0.2) is 48.8 Å². The molecule has 0 radical (unpaired) electrons. The first-order valence-corrected chi connectivity index (χ1v) is 12.6. The van der Waals surface area contributed by atoms with E-state index in [1.807, 2.05) is 36.4 Å². The average Bonchev–Trinajstić information content (AvgIpc) is 2.89. The maximum Gasteiger partial charge on any atom is 0.332 e. The molecule has 0 aliphatic carbocycles. The number of pyridine rings is 1. The lowest BCUT2D eigenvalue weighted by Crippen LogP contribution is -2.63. The van der Waals surface area contributed by atoms with Gasteiger partial charge >= 0.3 is 6.03 Å². The normalized spacial score (nSPS) is 15.6. The van der Waals surface area contributed by atoms with Gasteiger partial charge in [0, 0.05) is 26.5 Å². The fraction of sp³-hybridized carbons (Fsp3) is 0.500. The Bertz CT molecular complexity index is 967. The Kier molecular flexibility index (Phi) is 9.40. The summed E-state index contributed by atoms with van der Waals surface area (Å²) in [5, 5.41) is 0. The number of carbonyl (C=O) groups is 3. The molecule has 188 valence electrons. The molecule has 0 atom stereocenters. The topological polar surface area (TPSA) is 79.8 Å². The van der Waals surface area contributed by atoms with Crippen LogP contribution in [0, 0.1) is 5.41 Å². The Morgan fingerprint density at radius 3 is 2.03 bits per heavy atom. The maximum atomic E-state index is 13.4. The molecule has 2 aromatic rings. The van der Waals surface area contributed by atoms with E-state index in [0.717, 1.165) is 33.1 Å². The number of aryl methyl sites for hydroxylation is 1. The van der Waals surface area contributed by atoms with E-state index in [4.69, 9.17) is 4.74 Å². The third-order valence-corrected chi connectivity index (χ3v) is 6.79. The highest BCUT2D eigenvalue weighted by Gasteiger charge is 2.54. The maximum absolute atomic E-state index is 13.4. The molecule has 35 heavy (non-hydrogen) atoms. The zero-order chi connectivity index (χ0) is 25.3. The zero-order valence-electron chi connectivity index (χ0n) is 21.2. The Morgan fingerprint density at radius 1 is 0.800 bits per heavy atom. The van der Waals surface area contributed by atoms with Gasteiger partial charge in [-0.05, 0) is 61.1 Å². The summed E-state index contributed by atoms with van der Waals surface area (Å²) in [6.45, 7) is 2.89. The predicted molar refractivity (Wildman–Crippen MR) is 135 cm³/mol. The summed E-state index contributed by atoms with van der Waals surface area (Å²) < 4.78 is 5.88. The number of urea groups is 1. The highest BCUT2D eigenvalue weighted by Crippen LogP contribution is 2.37. The molecule has 1 aliphatic heterocycles. The van der Waals surface area contributed by atoms with Crippen LogP contribution in [0.4, 0.5) is 4.79 Å². The van der Waals surface area contributed by atoms with Gasteiger partial charge in [-0.25, -0.2) is 4.79 Å². The van der Waals surface area contributed by atoms with Crippen LogP contribution >= 0.6 is 0 Å². The van der Waals surface area contributed by atoms with Gasteiger partial charge in [-0.15, -0.1) is 0 Å². The van der Waals surface area contributed by atoms with E-state index in [1.54, 1.807) is 12.4 Å². The fourth-order valence-electron chi connectivity index (χ4n) is 4.62. The lowest BCUT2D eigenvalue weighted by atomic mass is 9.73. The minimum absolute atomic E-state index is 0.218. The van der Waals surface area contributed by atoms with Crippen LogP contribution in [0.2, 0.25) is 0 Å². The van der Waals surface area contributed by atoms with E-state index in [9.17, 15) is 14.4 Å². The summed E-state index contributed by atoms with van der Waals surface area (Å²) in [6, 6.07) is 10.7. The van der Waals surface area contributed by atoms with Crippen LogP contribution in [0.3, 0.4) is 0 Å². The first-order chi connectivity index (χ1) is 16.9. The van der Waals surface area contributed by atoms with Crippen molar-refractivity contribution in [3.05, 3.63) is 59.9 Å². The second-order valence-corrected chi connectivity index (χ2v) is 9.39. The highest BCUT2D eigenvalue weighted by molar-refractivity contribution is 6.18. The van der Waals surface area contributed by atoms with Crippen molar-refractivity contribution in [1.82, 2.24) is 14.8 Å². The first kappa shape index (κ1) is 26.4. The summed E-state index contributed by atoms with van der Waals surface area (Å²) in [6.07, 6.45) is 11.7. The number of aromatic nitrogens is 1. The van der Waals surface area contributed by atoms with Crippen molar-refractivity contribution in [2.24, 2.45) is 5.41 Å². The van der Waals surface area contributed by atoms with E-state index in [-0.39, 0.29) is 6.42 Å². The van der Waals surface area contributed by atoms with Gasteiger partial charge in [-0.1, -0.05) is 51.2 Å². The number of barbiturate groups is 1. The van der Waals surface area contributed by atoms with Crippen molar-refractivity contribution >= 4 is 17.8 Å². The summed E-state index contributed by atoms with van der Waals surface area (Å²) in [4.78, 5) is 45.3. The molecule has 1 saturated heterocycles. The van der Waals surface area contributed by atoms with Crippen LogP contribution in [-0.2, 0) is 22.4 Å². The van der Waals surface area contributed by atoms with Crippen LogP contribution in [0.25, 0.3) is 0 Å². The minimum atomic E-state index is -1.35. The Morgan fingerprint density at radius 2 is 1.40 bits per heavy atom. The van der Waals surface area contributed by atoms with Gasteiger partial charge in [-0.2, -0.15) is 0 Å². The summed E-state index contributed by atoms with van der Waals surface area (Å²) in [5.74, 6) is -0.134. The first-order valence-electron chi connectivity index (χ1n) is 12.6. The van der Waals surface area contributed by atoms with Gasteiger partial charge < -0.3 is 4.74 Å². The molecule has 0 unspecified atom stereocenters. The van der Waals surface area contributed by atoms with Crippen molar-refractivity contribution < 1.29 is 19.1 Å². The van der Waals surface area contributed by atoms with E-state index >= 15 is 0 Å². The largest absolute Gasteiger partial charge is 0.494 e. The van der Waals surface area contributed by atoms with Crippen molar-refractivity contribution in [1.29, 1.82) is 0 Å². The lowest BCUT2D eigenvalue weighted by molar-refractivity contribution is -0.157. The predicted octanol–water partition coefficient (Wildman–Crippen LogP) is 5.03. The number of ether oxygens (including phenoxy) is 1. The summed E-state index contributed by atoms with van der Waals surface area (Å²) >= 11 is 0. The molecule has 4 amide bonds. The van der Waals surface area contributed by atoms with E-state index < -0.39 is 23.3 Å². The molecular formula is C28H37N3O4. The van der Waals surface area contributed by atoms with Crippen LogP contribution in [0.5, 0.6) is 5.75 Å². The van der Waals surface area contributed by atoms with E-state index in [1.165, 1.54) is 46.2 Å². The Hall–Kier alpha value is -3.22. The van der Waals surface area contributed by atoms with Crippen LogP contribution in [0.1, 0.15) is 63.0 Å². The number of unbranched alkanes of at least 4 members (excludes halogenated alkanes) is 5. The fourth-order valence-corrected chi connectivity index (χ4v) is 4.62. The molecule has 3 rings (SSSR count). The number of carbonyl (C=O) groups excluding carboxylic acids is 3. The number of hydrogen-bond donors (Lipinski definition) is 0. The van der Waals surface area contributed by atoms with Gasteiger partial charge in [-0.3, -0.25) is 24.4 Å². The second kappa shape index (κ2) is 12.5. The highest BCUT2D eigenvalue weighted by atomic mass is 16.5. The van der Waals surface area contributed by atoms with Gasteiger partial charge in [0.2, 0.25) is 11.8 Å². The second-order valence-electron chi connectivity index (χ2n) is 9.39. The lowest BCUT2D eigenvalue weighted by Gasteiger charge is -2.42. The Labute approximate surface area is 208 Å². The SMILES string of the molecule is CCCCCCCCOc1ccc(CC2(CCc3ccncc3)C(=O)N(C)C(=O)N(C)C2=O)cc1. The molecule has 2 heterocycles. The number of imide groups is 2. The van der Waals surface area contributed by atoms with Crippen LogP contribution in [-0.4, -0.2) is 53.3 Å². The van der Waals surface area contributed by atoms with Gasteiger partial charge in [0.25, 0.3) is 0 Å². The number of rotatable bonds is 13. The molecule has 0 N–H and O–H groups in total. The smallest absolute Gasteiger partial charge is 0.332 e. The quantitative estimate of drug-likeness (QED) is 0.297. The number of amides is 4. The number of nitrogens with zero attached hydrogens (tertiary/aromatic N) is 3. The monoisotopic (exact) mass is 479 g/mol. The minimum Gasteiger partial charge on any atom is -0.494 e. The molecule has 1 aromatic heterocycles. The molecule has 1 aliphatic rings. The molecule has 7 nitrogen and oxygen atoms in total. The van der Waals surface area contributed by atoms with Crippen molar-refractivity contribution in [2.75, 3.05) is 20.7 Å². The van der Waals surface area contributed by atoms with Gasteiger partial charge in [0.05, 0.1) is 6.61 Å². The van der Waals surface area contributed by atoms with E-state index in [2.05, 4.69) is 11.9 Å². The third kappa shape index (κ3) is 6.47. The molecule has 0 saturated carbocycles. The Balaban J connectivity index is 1.70. The molecule has 0 bridgehead atoms. The summed E-state index contributed by atoms with van der Waals surface area (Å²) in [7, 11) is 2.88. The van der Waals surface area contributed by atoms with Gasteiger partial charge in [0.15, 0.2) is 0 Å². The summed E-state index contributed by atoms with van der Waals surface area (Å²) in [5.41, 5.74) is 0.492. The average molecular weight is 480 g/mol. The molecular weight excluding hydrogens is 442 g/mol. The number of hydrogen-bond acceptors (Lipinski definition) is 5. The third-order valence-electron chi connectivity index (χ3n) is 6.79. The molecule has 7 heteroatoms. The number of benzene rings is 1. The zero-order valence-corrected chi connectivity index (χ0v) is 21.2. The standard InChI is InChI=1S/C28H37N3O4/c1-4-5-6-7-8-9-20-35-24-12-10-23(11-13-24)21-28(17-14-22-15-18-29-19-16-22)25(32)30(2)27(34)31(3)26(28)33/h10-13,15-16,18-19H,4-9,14,17,20-21H2,1-3H3. The van der Waals surface area contributed by atoms with Crippen LogP contribution < -0.4 is 4.74 Å². The molecule has 0 spiro atoms. The van der Waals surface area contributed by atoms with E-state index in [0.29, 0.717) is 19.4 Å². The van der Waals surface area contributed by atoms with Crippen molar-refractivity contribution in [3.63, 3.8) is 0 Å². The molecule has 1 aromatic carbocycles. The van der Waals surface area contributed by atoms with Gasteiger partial charge in [0.1, 0.15) is 11.2 Å². The van der Waals surface area contributed by atoms with Crippen molar-refractivity contribution in [3.8, 4) is 5.75 Å². The molecule has 1 fully saturated rings.